The Bertz CT molecular complexity index is 305. The van der Waals surface area contributed by atoms with E-state index in [-0.39, 0.29) is 5.41 Å². The van der Waals surface area contributed by atoms with Crippen LogP contribution in [0.5, 0.6) is 0 Å². The molecular formula is C12H20N2O. The molecule has 15 heavy (non-hydrogen) atoms. The Kier molecular flexibility index (Phi) is 2.85. The number of nitrogens with one attached hydrogen (secondary N) is 2. The Hall–Kier alpha value is -0.800. The van der Waals surface area contributed by atoms with E-state index in [1.54, 1.807) is 7.11 Å². The molecule has 3 nitrogen and oxygen atoms in total. The first kappa shape index (κ1) is 10.7. The van der Waals surface area contributed by atoms with Crippen LogP contribution in [0.2, 0.25) is 0 Å². The summed E-state index contributed by atoms with van der Waals surface area (Å²) < 4.78 is 5.42. The lowest BCUT2D eigenvalue weighted by molar-refractivity contribution is -0.0979. The zero-order valence-electron chi connectivity index (χ0n) is 9.71. The standard InChI is InChI=1S/C12H20N2O/c1-12(2)10(7-11(12)15-3)14-8-9-5-4-6-13-9/h4-6,10-11,13-14H,7-8H2,1-3H3. The quantitative estimate of drug-likeness (QED) is 0.793. The van der Waals surface area contributed by atoms with E-state index in [0.717, 1.165) is 13.0 Å². The van der Waals surface area contributed by atoms with Gasteiger partial charge in [0.05, 0.1) is 6.10 Å². The average molecular weight is 208 g/mol. The predicted molar refractivity (Wildman–Crippen MR) is 60.6 cm³/mol. The molecule has 1 aromatic rings. The van der Waals surface area contributed by atoms with E-state index in [2.05, 4.69) is 30.2 Å². The predicted octanol–water partition coefficient (Wildman–Crippen LogP) is 1.92. The summed E-state index contributed by atoms with van der Waals surface area (Å²) in [5, 5.41) is 3.56. The molecule has 1 heterocycles. The maximum absolute atomic E-state index is 5.42. The van der Waals surface area contributed by atoms with Crippen molar-refractivity contribution >= 4 is 0 Å². The minimum absolute atomic E-state index is 0.251. The highest BCUT2D eigenvalue weighted by atomic mass is 16.5. The summed E-state index contributed by atoms with van der Waals surface area (Å²) in [7, 11) is 1.80. The van der Waals surface area contributed by atoms with Crippen LogP contribution >= 0.6 is 0 Å². The lowest BCUT2D eigenvalue weighted by atomic mass is 9.64. The first-order chi connectivity index (χ1) is 7.14. The van der Waals surface area contributed by atoms with Crippen LogP contribution in [-0.4, -0.2) is 24.2 Å². The lowest BCUT2D eigenvalue weighted by Gasteiger charge is -2.51. The van der Waals surface area contributed by atoms with Crippen LogP contribution in [-0.2, 0) is 11.3 Å². The second-order valence-corrected chi connectivity index (χ2v) is 4.91. The molecule has 3 heteroatoms. The molecule has 1 aliphatic carbocycles. The van der Waals surface area contributed by atoms with Gasteiger partial charge in [0, 0.05) is 37.0 Å². The van der Waals surface area contributed by atoms with E-state index in [4.69, 9.17) is 4.74 Å². The van der Waals surface area contributed by atoms with E-state index in [0.29, 0.717) is 12.1 Å². The van der Waals surface area contributed by atoms with Crippen molar-refractivity contribution in [1.82, 2.24) is 10.3 Å². The molecule has 0 radical (unpaired) electrons. The van der Waals surface area contributed by atoms with E-state index in [1.807, 2.05) is 12.3 Å². The largest absolute Gasteiger partial charge is 0.381 e. The number of aromatic nitrogens is 1. The first-order valence-corrected chi connectivity index (χ1v) is 5.53. The topological polar surface area (TPSA) is 37.0 Å². The number of aromatic amines is 1. The van der Waals surface area contributed by atoms with Gasteiger partial charge in [-0.2, -0.15) is 0 Å². The molecule has 0 aliphatic heterocycles. The fraction of sp³-hybridized carbons (Fsp3) is 0.667. The highest BCUT2D eigenvalue weighted by Crippen LogP contribution is 2.42. The van der Waals surface area contributed by atoms with Crippen LogP contribution in [0.4, 0.5) is 0 Å². The van der Waals surface area contributed by atoms with Gasteiger partial charge in [0.2, 0.25) is 0 Å². The summed E-state index contributed by atoms with van der Waals surface area (Å²) in [5.41, 5.74) is 1.49. The van der Waals surface area contributed by atoms with Gasteiger partial charge in [0.1, 0.15) is 0 Å². The number of hydrogen-bond donors (Lipinski definition) is 2. The first-order valence-electron chi connectivity index (χ1n) is 5.53. The molecule has 0 spiro atoms. The third-order valence-electron chi connectivity index (χ3n) is 3.66. The zero-order chi connectivity index (χ0) is 10.9. The number of methoxy groups -OCH3 is 1. The second-order valence-electron chi connectivity index (χ2n) is 4.91. The summed E-state index contributed by atoms with van der Waals surface area (Å²) in [5.74, 6) is 0. The maximum Gasteiger partial charge on any atom is 0.0652 e. The molecule has 0 bridgehead atoms. The molecule has 2 N–H and O–H groups in total. The average Bonchev–Trinajstić information content (AvgIpc) is 2.69. The number of H-pyrrole nitrogens is 1. The minimum Gasteiger partial charge on any atom is -0.381 e. The van der Waals surface area contributed by atoms with Crippen molar-refractivity contribution in [2.24, 2.45) is 5.41 Å². The second kappa shape index (κ2) is 3.99. The van der Waals surface area contributed by atoms with Crippen molar-refractivity contribution in [3.63, 3.8) is 0 Å². The zero-order valence-corrected chi connectivity index (χ0v) is 9.71. The molecule has 84 valence electrons. The summed E-state index contributed by atoms with van der Waals surface area (Å²) in [6, 6.07) is 4.69. The van der Waals surface area contributed by atoms with Gasteiger partial charge < -0.3 is 15.0 Å². The van der Waals surface area contributed by atoms with Gasteiger partial charge in [-0.1, -0.05) is 13.8 Å². The Labute approximate surface area is 91.2 Å². The van der Waals surface area contributed by atoms with Gasteiger partial charge in [-0.15, -0.1) is 0 Å². The third kappa shape index (κ3) is 1.94. The molecule has 0 saturated heterocycles. The summed E-state index contributed by atoms with van der Waals surface area (Å²) in [4.78, 5) is 3.20. The normalized spacial score (nSPS) is 28.7. The van der Waals surface area contributed by atoms with Crippen molar-refractivity contribution in [2.45, 2.75) is 39.0 Å². The van der Waals surface area contributed by atoms with Crippen LogP contribution < -0.4 is 5.32 Å². The van der Waals surface area contributed by atoms with Gasteiger partial charge in [0.15, 0.2) is 0 Å². The van der Waals surface area contributed by atoms with Gasteiger partial charge in [-0.3, -0.25) is 0 Å². The van der Waals surface area contributed by atoms with E-state index in [1.165, 1.54) is 5.69 Å². The van der Waals surface area contributed by atoms with Crippen LogP contribution in [0, 0.1) is 5.41 Å². The molecule has 2 unspecified atom stereocenters. The SMILES string of the molecule is COC1CC(NCc2ccc[nH]2)C1(C)C. The lowest BCUT2D eigenvalue weighted by Crippen LogP contribution is -2.60. The van der Waals surface area contributed by atoms with E-state index >= 15 is 0 Å². The summed E-state index contributed by atoms with van der Waals surface area (Å²) >= 11 is 0. The molecule has 2 rings (SSSR count). The van der Waals surface area contributed by atoms with Crippen LogP contribution in [0.25, 0.3) is 0 Å². The van der Waals surface area contributed by atoms with Crippen molar-refractivity contribution in [3.8, 4) is 0 Å². The molecule has 0 amide bonds. The minimum atomic E-state index is 0.251. The third-order valence-corrected chi connectivity index (χ3v) is 3.66. The molecule has 1 aromatic heterocycles. The van der Waals surface area contributed by atoms with E-state index in [9.17, 15) is 0 Å². The van der Waals surface area contributed by atoms with Gasteiger partial charge >= 0.3 is 0 Å². The monoisotopic (exact) mass is 208 g/mol. The Morgan fingerprint density at radius 3 is 2.93 bits per heavy atom. The van der Waals surface area contributed by atoms with Crippen LogP contribution in [0.3, 0.4) is 0 Å². The molecule has 1 fully saturated rings. The maximum atomic E-state index is 5.42. The summed E-state index contributed by atoms with van der Waals surface area (Å²) in [6.45, 7) is 5.44. The fourth-order valence-corrected chi connectivity index (χ4v) is 2.34. The molecule has 0 aromatic carbocycles. The molecule has 1 aliphatic rings. The van der Waals surface area contributed by atoms with E-state index < -0.39 is 0 Å². The molecule has 2 atom stereocenters. The highest BCUT2D eigenvalue weighted by Gasteiger charge is 2.48. The fourth-order valence-electron chi connectivity index (χ4n) is 2.34. The Balaban J connectivity index is 1.83. The summed E-state index contributed by atoms with van der Waals surface area (Å²) in [6.07, 6.45) is 3.48. The number of ether oxygens (including phenoxy) is 1. The Morgan fingerprint density at radius 1 is 1.60 bits per heavy atom. The van der Waals surface area contributed by atoms with Crippen molar-refractivity contribution in [3.05, 3.63) is 24.0 Å². The van der Waals surface area contributed by atoms with Crippen molar-refractivity contribution in [1.29, 1.82) is 0 Å². The van der Waals surface area contributed by atoms with Crippen LogP contribution in [0.1, 0.15) is 26.0 Å². The smallest absolute Gasteiger partial charge is 0.0652 e. The van der Waals surface area contributed by atoms with Gasteiger partial charge in [-0.05, 0) is 18.6 Å². The molecular weight excluding hydrogens is 188 g/mol. The highest BCUT2D eigenvalue weighted by molar-refractivity contribution is 5.07. The van der Waals surface area contributed by atoms with Crippen molar-refractivity contribution < 1.29 is 4.74 Å². The van der Waals surface area contributed by atoms with Gasteiger partial charge in [0.25, 0.3) is 0 Å². The Morgan fingerprint density at radius 2 is 2.40 bits per heavy atom. The van der Waals surface area contributed by atoms with Crippen LogP contribution in [0.15, 0.2) is 18.3 Å². The van der Waals surface area contributed by atoms with Gasteiger partial charge in [-0.25, -0.2) is 0 Å². The molecule has 1 saturated carbocycles. The number of hydrogen-bond acceptors (Lipinski definition) is 2. The number of rotatable bonds is 4. The van der Waals surface area contributed by atoms with Crippen molar-refractivity contribution in [2.75, 3.05) is 7.11 Å².